The van der Waals surface area contributed by atoms with Gasteiger partial charge in [0.15, 0.2) is 23.1 Å². The highest BCUT2D eigenvalue weighted by Gasteiger charge is 2.28. The third-order valence-electron chi connectivity index (χ3n) is 14.6. The Morgan fingerprint density at radius 3 is 1.21 bits per heavy atom. The predicted octanol–water partition coefficient (Wildman–Crippen LogP) is 11.9. The Morgan fingerprint density at radius 2 is 0.872 bits per heavy atom. The highest BCUT2D eigenvalue weighted by atomic mass is 35.5. The number of carbonyl (C=O) groups excluding carboxylic acids is 8. The number of nitrogens with zero attached hydrogens (tertiary/aromatic N) is 2. The molecule has 24 nitrogen and oxygen atoms in total. The molecular weight excluding hydrogens is 1260 g/mol. The second-order valence-corrected chi connectivity index (χ2v) is 22.0. The molecule has 0 aliphatic rings. The molecule has 8 rings (SSSR count). The molecule has 94 heavy (non-hydrogen) atoms. The van der Waals surface area contributed by atoms with Gasteiger partial charge in [0, 0.05) is 120 Å². The molecule has 4 atom stereocenters. The number of carbonyl (C=O) groups is 8. The third-order valence-corrected chi connectivity index (χ3v) is 15.1. The molecule has 0 amide bonds. The van der Waals surface area contributed by atoms with Gasteiger partial charge >= 0.3 is 24.2 Å². The molecule has 4 heterocycles. The van der Waals surface area contributed by atoms with Gasteiger partial charge in [-0.1, -0.05) is 35.3 Å². The molecule has 496 valence electrons. The number of benzene rings is 4. The summed E-state index contributed by atoms with van der Waals surface area (Å²) in [6.45, 7) is 9.48. The van der Waals surface area contributed by atoms with Gasteiger partial charge in [-0.2, -0.15) is 0 Å². The molecule has 0 spiro atoms. The number of H-pyrrole nitrogens is 2. The Labute approximate surface area is 549 Å². The zero-order valence-corrected chi connectivity index (χ0v) is 54.7. The van der Waals surface area contributed by atoms with Gasteiger partial charge in [-0.25, -0.2) is 19.2 Å². The first-order chi connectivity index (χ1) is 44.9. The smallest absolute Gasteiger partial charge is 0.495 e. The highest BCUT2D eigenvalue weighted by Crippen LogP contribution is 2.37. The number of hydrogen-bond donors (Lipinski definition) is 2. The van der Waals surface area contributed by atoms with Crippen LogP contribution in [0.2, 0.25) is 10.0 Å². The number of ketones is 4. The van der Waals surface area contributed by atoms with Crippen molar-refractivity contribution < 1.29 is 85.7 Å². The van der Waals surface area contributed by atoms with E-state index in [0.717, 1.165) is 0 Å². The third kappa shape index (κ3) is 18.2. The summed E-state index contributed by atoms with van der Waals surface area (Å²) in [7, 11) is 5.87. The monoisotopic (exact) mass is 1330 g/mol. The van der Waals surface area contributed by atoms with Crippen molar-refractivity contribution in [1.29, 1.82) is 0 Å². The molecule has 0 saturated heterocycles. The van der Waals surface area contributed by atoms with Gasteiger partial charge in [-0.05, 0) is 136 Å². The second kappa shape index (κ2) is 33.1. The van der Waals surface area contributed by atoms with Crippen LogP contribution < -0.4 is 20.6 Å². The molecule has 26 heteroatoms. The van der Waals surface area contributed by atoms with Crippen molar-refractivity contribution >= 4 is 92.4 Å². The average Bonchev–Trinajstić information content (AvgIpc) is 1.07. The summed E-state index contributed by atoms with van der Waals surface area (Å²) >= 11 is 12.4. The SMILES string of the molecule is CCOC(=O)OC(C)OC(=O)c1cc2cc(CC(=O)[C@@H](CCOC)n3cc(OC)c(-c4cc(Cl)ccc4C(C)=O)cc3=O)ccc2[nH]1.CCOC(=O)OC(C)OC(=O)c1cc2cc(CC(=O)[C@H](CCOC)n3cc(OC)c(-c4cc(Cl)ccc4C(C)=O)cc3=O)ccc2[nH]1. The Morgan fingerprint density at radius 1 is 0.489 bits per heavy atom. The fourth-order valence-electron chi connectivity index (χ4n) is 10.2. The average molecular weight is 1330 g/mol. The first kappa shape index (κ1) is 71.6. The first-order valence-corrected chi connectivity index (χ1v) is 30.2. The molecule has 8 aromatic rings. The standard InChI is InChI=1S/2C34H35ClN2O10/c2*1-6-45-34(42)47-20(3)46-33(41)28-15-22-13-21(7-10-27(22)36-28)14-30(39)29(11-12-43-4)37-18-31(44-5)26(17-32(37)40)25-16-23(35)8-9-24(25)19(2)38/h2*7-10,13,15-18,20,29,36H,6,11-12,14H2,1-5H3/t2*20?,29-/m10/s1. The normalized spacial score (nSPS) is 12.3. The van der Waals surface area contributed by atoms with E-state index in [1.165, 1.54) is 89.8 Å². The molecule has 0 saturated carbocycles. The largest absolute Gasteiger partial charge is 0.511 e. The van der Waals surface area contributed by atoms with E-state index in [9.17, 15) is 47.9 Å². The lowest BCUT2D eigenvalue weighted by Crippen LogP contribution is -2.31. The number of pyridine rings is 2. The van der Waals surface area contributed by atoms with E-state index in [2.05, 4.69) is 19.4 Å². The van der Waals surface area contributed by atoms with Crippen molar-refractivity contribution in [2.75, 3.05) is 54.9 Å². The van der Waals surface area contributed by atoms with E-state index in [0.29, 0.717) is 76.4 Å². The lowest BCUT2D eigenvalue weighted by atomic mass is 9.96. The molecule has 4 aromatic carbocycles. The van der Waals surface area contributed by atoms with Gasteiger partial charge in [0.2, 0.25) is 12.6 Å². The maximum atomic E-state index is 13.8. The Kier molecular flexibility index (Phi) is 25.2. The number of esters is 2. The maximum absolute atomic E-state index is 13.8. The molecule has 0 aliphatic carbocycles. The van der Waals surface area contributed by atoms with Crippen LogP contribution >= 0.6 is 23.2 Å². The minimum absolute atomic E-state index is 0.0288. The van der Waals surface area contributed by atoms with Crippen molar-refractivity contribution in [3.63, 3.8) is 0 Å². The number of aromatic nitrogens is 4. The fraction of sp³-hybridized carbons (Fsp3) is 0.324. The molecule has 0 fully saturated rings. The van der Waals surface area contributed by atoms with Gasteiger partial charge in [0.25, 0.3) is 11.1 Å². The van der Waals surface area contributed by atoms with E-state index in [1.807, 2.05) is 0 Å². The second-order valence-electron chi connectivity index (χ2n) is 21.1. The Balaban J connectivity index is 0.000000266. The lowest BCUT2D eigenvalue weighted by Gasteiger charge is -2.21. The van der Waals surface area contributed by atoms with Crippen molar-refractivity contribution in [3.8, 4) is 33.8 Å². The topological polar surface area (TPSA) is 304 Å². The van der Waals surface area contributed by atoms with Crippen LogP contribution in [0.25, 0.3) is 44.1 Å². The van der Waals surface area contributed by atoms with Crippen LogP contribution in [0.15, 0.2) is 119 Å². The summed E-state index contributed by atoms with van der Waals surface area (Å²) < 4.78 is 53.8. The van der Waals surface area contributed by atoms with Crippen LogP contribution in [0.4, 0.5) is 9.59 Å². The number of rotatable bonds is 28. The lowest BCUT2D eigenvalue weighted by molar-refractivity contribution is -0.123. The summed E-state index contributed by atoms with van der Waals surface area (Å²) in [6.07, 6.45) is -0.987. The zero-order chi connectivity index (χ0) is 68.5. The van der Waals surface area contributed by atoms with Crippen molar-refractivity contribution in [2.24, 2.45) is 0 Å². The van der Waals surface area contributed by atoms with E-state index in [-0.39, 0.29) is 98.1 Å². The van der Waals surface area contributed by atoms with Crippen LogP contribution in [0.5, 0.6) is 11.5 Å². The molecule has 2 N–H and O–H groups in total. The van der Waals surface area contributed by atoms with Crippen molar-refractivity contribution in [3.05, 3.63) is 174 Å². The van der Waals surface area contributed by atoms with Gasteiger partial charge in [-0.3, -0.25) is 28.8 Å². The summed E-state index contributed by atoms with van der Waals surface area (Å²) in [6, 6.07) is 23.9. The van der Waals surface area contributed by atoms with Crippen LogP contribution in [-0.4, -0.2) is 134 Å². The molecule has 0 aliphatic heterocycles. The molecule has 2 unspecified atom stereocenters. The predicted molar refractivity (Wildman–Crippen MR) is 346 cm³/mol. The number of Topliss-reactive ketones (excluding diaryl/α,β-unsaturated/α-hetero) is 4. The summed E-state index contributed by atoms with van der Waals surface area (Å²) in [5.41, 5.74) is 4.15. The van der Waals surface area contributed by atoms with Gasteiger partial charge in [0.1, 0.15) is 22.9 Å². The summed E-state index contributed by atoms with van der Waals surface area (Å²) in [5.74, 6) is -1.88. The fourth-order valence-corrected chi connectivity index (χ4v) is 10.6. The van der Waals surface area contributed by atoms with Crippen molar-refractivity contribution in [2.45, 2.75) is 91.9 Å². The van der Waals surface area contributed by atoms with Crippen LogP contribution in [0, 0.1) is 0 Å². The summed E-state index contributed by atoms with van der Waals surface area (Å²) in [4.78, 5) is 133. The van der Waals surface area contributed by atoms with Crippen LogP contribution in [0.3, 0.4) is 0 Å². The van der Waals surface area contributed by atoms with Crippen LogP contribution in [0.1, 0.15) is 119 Å². The van der Waals surface area contributed by atoms with E-state index < -0.39 is 60.0 Å². The van der Waals surface area contributed by atoms with Gasteiger partial charge < -0.3 is 66.5 Å². The number of hydrogen-bond acceptors (Lipinski definition) is 20. The first-order valence-electron chi connectivity index (χ1n) is 29.5. The Hall–Kier alpha value is -9.88. The van der Waals surface area contributed by atoms with E-state index >= 15 is 0 Å². The maximum Gasteiger partial charge on any atom is 0.511 e. The zero-order valence-electron chi connectivity index (χ0n) is 53.2. The summed E-state index contributed by atoms with van der Waals surface area (Å²) in [5, 5.41) is 2.04. The number of nitrogens with one attached hydrogen (secondary N) is 2. The quantitative estimate of drug-likeness (QED) is 0.0199. The number of fused-ring (bicyclic) bond motifs is 2. The van der Waals surface area contributed by atoms with Crippen LogP contribution in [-0.2, 0) is 60.3 Å². The molecule has 0 radical (unpaired) electrons. The molecular formula is C68H70Cl2N4O20. The highest BCUT2D eigenvalue weighted by molar-refractivity contribution is 6.31. The van der Waals surface area contributed by atoms with E-state index in [1.54, 1.807) is 98.8 Å². The van der Waals surface area contributed by atoms with Gasteiger partial charge in [-0.15, -0.1) is 0 Å². The number of halogens is 2. The van der Waals surface area contributed by atoms with Gasteiger partial charge in [0.05, 0.1) is 51.9 Å². The molecule has 0 bridgehead atoms. The van der Waals surface area contributed by atoms with E-state index in [4.69, 9.17) is 61.1 Å². The van der Waals surface area contributed by atoms with Crippen molar-refractivity contribution in [1.82, 2.24) is 19.1 Å². The number of ether oxygens (including phenoxy) is 10. The minimum Gasteiger partial charge on any atom is -0.495 e. The Bertz CT molecular complexity index is 3990. The number of aromatic amines is 2. The number of methoxy groups -OCH3 is 4. The minimum atomic E-state index is -1.18. The molecule has 4 aromatic heterocycles.